The summed E-state index contributed by atoms with van der Waals surface area (Å²) >= 11 is 6.09. The summed E-state index contributed by atoms with van der Waals surface area (Å²) in [6, 6.07) is 25.5. The number of aliphatic hydroxyl groups is 1. The number of aliphatic carboxylic acids is 1. The number of benzene rings is 3. The van der Waals surface area contributed by atoms with E-state index in [0.717, 1.165) is 21.4 Å². The van der Waals surface area contributed by atoms with Gasteiger partial charge in [0, 0.05) is 23.6 Å². The second-order valence-corrected chi connectivity index (χ2v) is 8.91. The van der Waals surface area contributed by atoms with Crippen molar-refractivity contribution in [2.24, 2.45) is 0 Å². The molecule has 0 fully saturated rings. The number of amides is 1. The highest BCUT2D eigenvalue weighted by atomic mass is 35.5. The molecule has 0 radical (unpaired) electrons. The molecule has 1 aromatic heterocycles. The molecule has 4 aromatic rings. The Kier molecular flexibility index (Phi) is 8.12. The zero-order valence-electron chi connectivity index (χ0n) is 19.6. The van der Waals surface area contributed by atoms with E-state index in [0.29, 0.717) is 10.7 Å². The smallest absolute Gasteiger partial charge is 0.332 e. The van der Waals surface area contributed by atoms with Crippen LogP contribution in [0.25, 0.3) is 16.8 Å². The summed E-state index contributed by atoms with van der Waals surface area (Å²) in [6.45, 7) is 0. The number of nitrogens with zero attached hydrogens (tertiary/aromatic N) is 2. The second kappa shape index (κ2) is 11.6. The Balaban J connectivity index is 1.54. The van der Waals surface area contributed by atoms with Gasteiger partial charge in [0.05, 0.1) is 5.69 Å². The van der Waals surface area contributed by atoms with Crippen molar-refractivity contribution in [1.82, 2.24) is 15.1 Å². The molecule has 0 saturated heterocycles. The lowest BCUT2D eigenvalue weighted by atomic mass is 9.97. The first kappa shape index (κ1) is 25.8. The van der Waals surface area contributed by atoms with Crippen molar-refractivity contribution in [3.8, 4) is 16.8 Å². The summed E-state index contributed by atoms with van der Waals surface area (Å²) in [5, 5.41) is 26.7. The van der Waals surface area contributed by atoms with Crippen molar-refractivity contribution in [3.05, 3.63) is 118 Å². The predicted molar refractivity (Wildman–Crippen MR) is 140 cm³/mol. The number of hydrogen-bond donors (Lipinski definition) is 3. The molecule has 37 heavy (non-hydrogen) atoms. The molecule has 0 aliphatic heterocycles. The van der Waals surface area contributed by atoms with Gasteiger partial charge in [-0.3, -0.25) is 9.59 Å². The fourth-order valence-electron chi connectivity index (χ4n) is 3.90. The lowest BCUT2D eigenvalue weighted by Gasteiger charge is -2.20. The van der Waals surface area contributed by atoms with Gasteiger partial charge in [-0.25, -0.2) is 4.79 Å². The first-order valence-electron chi connectivity index (χ1n) is 11.5. The molecule has 1 amide bonds. The van der Waals surface area contributed by atoms with E-state index in [1.807, 2.05) is 42.5 Å². The third kappa shape index (κ3) is 6.69. The molecular weight excluding hydrogens is 494 g/mol. The van der Waals surface area contributed by atoms with Gasteiger partial charge in [0.2, 0.25) is 0 Å². The minimum atomic E-state index is -1.66. The third-order valence-electron chi connectivity index (χ3n) is 5.76. The van der Waals surface area contributed by atoms with Crippen LogP contribution in [-0.4, -0.2) is 44.0 Å². The Bertz CT molecular complexity index is 1450. The number of carboxylic acids is 1. The Hall–Kier alpha value is -4.27. The number of rotatable bonds is 9. The molecule has 0 aliphatic carbocycles. The zero-order chi connectivity index (χ0) is 26.4. The number of carbonyl (C=O) groups excluding carboxylic acids is 1. The largest absolute Gasteiger partial charge is 0.479 e. The van der Waals surface area contributed by atoms with Gasteiger partial charge in [0.25, 0.3) is 11.5 Å². The normalized spacial score (nSPS) is 12.5. The van der Waals surface area contributed by atoms with Crippen molar-refractivity contribution >= 4 is 23.5 Å². The summed E-state index contributed by atoms with van der Waals surface area (Å²) in [5.41, 5.74) is 2.81. The number of para-hydroxylation sites is 1. The van der Waals surface area contributed by atoms with Crippen LogP contribution in [0.15, 0.2) is 95.8 Å². The topological polar surface area (TPSA) is 122 Å². The summed E-state index contributed by atoms with van der Waals surface area (Å²) in [6.07, 6.45) is -1.61. The van der Waals surface area contributed by atoms with Gasteiger partial charge < -0.3 is 15.5 Å². The zero-order valence-corrected chi connectivity index (χ0v) is 20.4. The van der Waals surface area contributed by atoms with Gasteiger partial charge in [-0.05, 0) is 53.4 Å². The molecule has 0 bridgehead atoms. The number of nitrogens with one attached hydrogen (secondary N) is 1. The average molecular weight is 518 g/mol. The van der Waals surface area contributed by atoms with E-state index in [2.05, 4.69) is 10.4 Å². The molecule has 8 nitrogen and oxygen atoms in total. The minimum Gasteiger partial charge on any atom is -0.479 e. The molecule has 0 spiro atoms. The highest BCUT2D eigenvalue weighted by Gasteiger charge is 2.23. The summed E-state index contributed by atoms with van der Waals surface area (Å²) in [5.74, 6) is -1.98. The van der Waals surface area contributed by atoms with Crippen molar-refractivity contribution in [2.45, 2.75) is 25.0 Å². The van der Waals surface area contributed by atoms with Gasteiger partial charge in [0.15, 0.2) is 6.10 Å². The number of aromatic nitrogens is 2. The molecule has 188 valence electrons. The SMILES string of the molecule is O=C(N[C@H](Cc1ccc(-c2cccc(Cl)c2)cc1)C[C@@H](O)C(=O)O)c1ccc(=O)n(-c2ccccc2)n1. The molecule has 0 saturated carbocycles. The molecule has 2 atom stereocenters. The summed E-state index contributed by atoms with van der Waals surface area (Å²) in [7, 11) is 0. The molecule has 3 N–H and O–H groups in total. The van der Waals surface area contributed by atoms with E-state index >= 15 is 0 Å². The van der Waals surface area contributed by atoms with Gasteiger partial charge in [-0.15, -0.1) is 0 Å². The maximum absolute atomic E-state index is 13.0. The van der Waals surface area contributed by atoms with Crippen molar-refractivity contribution < 1.29 is 19.8 Å². The lowest BCUT2D eigenvalue weighted by Crippen LogP contribution is -2.41. The fraction of sp³-hybridized carbons (Fsp3) is 0.143. The monoisotopic (exact) mass is 517 g/mol. The van der Waals surface area contributed by atoms with Crippen LogP contribution >= 0.6 is 11.6 Å². The fourth-order valence-corrected chi connectivity index (χ4v) is 4.09. The highest BCUT2D eigenvalue weighted by molar-refractivity contribution is 6.30. The van der Waals surface area contributed by atoms with E-state index in [9.17, 15) is 24.6 Å². The molecule has 3 aromatic carbocycles. The van der Waals surface area contributed by atoms with Crippen LogP contribution in [0.5, 0.6) is 0 Å². The first-order chi connectivity index (χ1) is 17.8. The minimum absolute atomic E-state index is 0.0189. The van der Waals surface area contributed by atoms with Crippen LogP contribution in [0.2, 0.25) is 5.02 Å². The summed E-state index contributed by atoms with van der Waals surface area (Å²) < 4.78 is 1.12. The van der Waals surface area contributed by atoms with E-state index < -0.39 is 29.6 Å². The number of aliphatic hydroxyl groups excluding tert-OH is 1. The number of hydrogen-bond acceptors (Lipinski definition) is 5. The van der Waals surface area contributed by atoms with Crippen molar-refractivity contribution in [1.29, 1.82) is 0 Å². The standard InChI is InChI=1S/C28H24ClN3O5/c29-21-6-4-5-20(16-21)19-11-9-18(10-12-19)15-22(17-25(33)28(36)37)30-27(35)24-13-14-26(34)32(31-24)23-7-2-1-3-8-23/h1-14,16,22,25,33H,15,17H2,(H,30,35)(H,36,37)/t22-,25-/m1/s1. The molecule has 4 rings (SSSR count). The van der Waals surface area contributed by atoms with Crippen LogP contribution in [0, 0.1) is 0 Å². The quantitative estimate of drug-likeness (QED) is 0.311. The van der Waals surface area contributed by atoms with Crippen LogP contribution in [-0.2, 0) is 11.2 Å². The van der Waals surface area contributed by atoms with Gasteiger partial charge in [0.1, 0.15) is 5.69 Å². The molecule has 9 heteroatoms. The Labute approximate surface area is 217 Å². The third-order valence-corrected chi connectivity index (χ3v) is 5.99. The lowest BCUT2D eigenvalue weighted by molar-refractivity contribution is -0.147. The van der Waals surface area contributed by atoms with Crippen LogP contribution < -0.4 is 10.9 Å². The van der Waals surface area contributed by atoms with Crippen molar-refractivity contribution in [2.75, 3.05) is 0 Å². The number of carbonyl (C=O) groups is 2. The number of halogens is 1. The van der Waals surface area contributed by atoms with Crippen molar-refractivity contribution in [3.63, 3.8) is 0 Å². The van der Waals surface area contributed by atoms with Crippen LogP contribution in [0.3, 0.4) is 0 Å². The molecule has 1 heterocycles. The molecule has 0 unspecified atom stereocenters. The van der Waals surface area contributed by atoms with Gasteiger partial charge >= 0.3 is 5.97 Å². The van der Waals surface area contributed by atoms with Gasteiger partial charge in [-0.1, -0.05) is 66.2 Å². The predicted octanol–water partition coefficient (Wildman–Crippen LogP) is 3.73. The van der Waals surface area contributed by atoms with E-state index in [1.54, 1.807) is 36.4 Å². The maximum atomic E-state index is 13.0. The maximum Gasteiger partial charge on any atom is 0.332 e. The Morgan fingerprint density at radius 3 is 2.32 bits per heavy atom. The molecule has 0 aliphatic rings. The van der Waals surface area contributed by atoms with E-state index in [-0.39, 0.29) is 18.5 Å². The Morgan fingerprint density at radius 1 is 0.919 bits per heavy atom. The molecular formula is C28H24ClN3O5. The highest BCUT2D eigenvalue weighted by Crippen LogP contribution is 2.23. The number of carboxylic acid groups (broad SMARTS) is 1. The van der Waals surface area contributed by atoms with Gasteiger partial charge in [-0.2, -0.15) is 9.78 Å². The van der Waals surface area contributed by atoms with Crippen LogP contribution in [0.4, 0.5) is 0 Å². The van der Waals surface area contributed by atoms with E-state index in [4.69, 9.17) is 11.6 Å². The summed E-state index contributed by atoms with van der Waals surface area (Å²) in [4.78, 5) is 36.6. The van der Waals surface area contributed by atoms with Crippen LogP contribution in [0.1, 0.15) is 22.5 Å². The Morgan fingerprint density at radius 2 is 1.65 bits per heavy atom. The second-order valence-electron chi connectivity index (χ2n) is 8.48. The van der Waals surface area contributed by atoms with E-state index in [1.165, 1.54) is 12.1 Å². The first-order valence-corrected chi connectivity index (χ1v) is 11.9. The average Bonchev–Trinajstić information content (AvgIpc) is 2.89.